The standard InChI is InChI=1S/C9H12N2/c1-7(2)8-4-5-11-6-9(8)10-3/h4-6,10H,1H2,2-3H3. The second-order valence-electron chi connectivity index (χ2n) is 2.45. The molecule has 0 aromatic carbocycles. The number of aromatic nitrogens is 1. The molecule has 0 aliphatic heterocycles. The van der Waals surface area contributed by atoms with E-state index < -0.39 is 0 Å². The van der Waals surface area contributed by atoms with Crippen molar-refractivity contribution in [3.8, 4) is 0 Å². The first-order valence-electron chi connectivity index (χ1n) is 3.53. The van der Waals surface area contributed by atoms with Crippen LogP contribution in [0, 0.1) is 0 Å². The van der Waals surface area contributed by atoms with Crippen LogP contribution in [0.1, 0.15) is 12.5 Å². The third-order valence-corrected chi connectivity index (χ3v) is 1.55. The number of hydrogen-bond acceptors (Lipinski definition) is 2. The SMILES string of the molecule is C=C(C)c1ccncc1NC. The molecule has 0 saturated carbocycles. The van der Waals surface area contributed by atoms with Crippen LogP contribution >= 0.6 is 0 Å². The van der Waals surface area contributed by atoms with Crippen molar-refractivity contribution in [2.75, 3.05) is 12.4 Å². The van der Waals surface area contributed by atoms with Crippen molar-refractivity contribution in [1.82, 2.24) is 4.98 Å². The van der Waals surface area contributed by atoms with Crippen molar-refractivity contribution in [2.24, 2.45) is 0 Å². The highest BCUT2D eigenvalue weighted by molar-refractivity contribution is 5.72. The molecule has 0 spiro atoms. The van der Waals surface area contributed by atoms with E-state index in [-0.39, 0.29) is 0 Å². The maximum atomic E-state index is 3.99. The van der Waals surface area contributed by atoms with Gasteiger partial charge in [0.2, 0.25) is 0 Å². The Hall–Kier alpha value is -1.31. The van der Waals surface area contributed by atoms with Gasteiger partial charge in [-0.2, -0.15) is 0 Å². The Kier molecular flexibility index (Phi) is 2.26. The fraction of sp³-hybridized carbons (Fsp3) is 0.222. The summed E-state index contributed by atoms with van der Waals surface area (Å²) < 4.78 is 0. The van der Waals surface area contributed by atoms with E-state index in [0.29, 0.717) is 0 Å². The van der Waals surface area contributed by atoms with E-state index in [2.05, 4.69) is 16.9 Å². The summed E-state index contributed by atoms with van der Waals surface area (Å²) >= 11 is 0. The van der Waals surface area contributed by atoms with Gasteiger partial charge in [0, 0.05) is 18.8 Å². The quantitative estimate of drug-likeness (QED) is 0.695. The van der Waals surface area contributed by atoms with Gasteiger partial charge in [0.1, 0.15) is 0 Å². The Bertz CT molecular complexity index is 266. The molecule has 0 aliphatic rings. The average Bonchev–Trinajstić information content (AvgIpc) is 2.04. The smallest absolute Gasteiger partial charge is 0.0600 e. The first-order valence-corrected chi connectivity index (χ1v) is 3.53. The molecule has 58 valence electrons. The zero-order chi connectivity index (χ0) is 8.27. The van der Waals surface area contributed by atoms with E-state index >= 15 is 0 Å². The summed E-state index contributed by atoms with van der Waals surface area (Å²) in [5.41, 5.74) is 3.21. The highest BCUT2D eigenvalue weighted by Gasteiger charge is 1.98. The lowest BCUT2D eigenvalue weighted by Gasteiger charge is -2.06. The van der Waals surface area contributed by atoms with Crippen molar-refractivity contribution in [1.29, 1.82) is 0 Å². The number of pyridine rings is 1. The second kappa shape index (κ2) is 3.19. The van der Waals surface area contributed by atoms with Crippen LogP contribution in [0.5, 0.6) is 0 Å². The third kappa shape index (κ3) is 1.58. The molecule has 0 fully saturated rings. The van der Waals surface area contributed by atoms with Gasteiger partial charge < -0.3 is 5.32 Å². The number of hydrogen-bond donors (Lipinski definition) is 1. The highest BCUT2D eigenvalue weighted by atomic mass is 14.8. The lowest BCUT2D eigenvalue weighted by molar-refractivity contribution is 1.29. The van der Waals surface area contributed by atoms with Crippen LogP contribution in [0.15, 0.2) is 25.0 Å². The molecule has 2 nitrogen and oxygen atoms in total. The summed E-state index contributed by atoms with van der Waals surface area (Å²) in [5.74, 6) is 0. The van der Waals surface area contributed by atoms with Gasteiger partial charge in [0.15, 0.2) is 0 Å². The van der Waals surface area contributed by atoms with Crippen molar-refractivity contribution in [2.45, 2.75) is 6.92 Å². The van der Waals surface area contributed by atoms with Gasteiger partial charge in [-0.05, 0) is 18.6 Å². The molecule has 0 atom stereocenters. The maximum absolute atomic E-state index is 3.99. The Morgan fingerprint density at radius 2 is 2.36 bits per heavy atom. The molecule has 1 aromatic rings. The lowest BCUT2D eigenvalue weighted by Crippen LogP contribution is -1.93. The molecule has 0 aliphatic carbocycles. The number of allylic oxidation sites excluding steroid dienone is 1. The molecule has 0 bridgehead atoms. The van der Waals surface area contributed by atoms with Gasteiger partial charge in [0.25, 0.3) is 0 Å². The van der Waals surface area contributed by atoms with Gasteiger partial charge in [0.05, 0.1) is 11.9 Å². The third-order valence-electron chi connectivity index (χ3n) is 1.55. The first kappa shape index (κ1) is 7.79. The zero-order valence-corrected chi connectivity index (χ0v) is 6.89. The topological polar surface area (TPSA) is 24.9 Å². The summed E-state index contributed by atoms with van der Waals surface area (Å²) in [5, 5.41) is 3.05. The number of rotatable bonds is 2. The van der Waals surface area contributed by atoms with Crippen LogP contribution in [-0.4, -0.2) is 12.0 Å². The first-order chi connectivity index (χ1) is 5.25. The molecule has 1 heterocycles. The van der Waals surface area contributed by atoms with E-state index in [1.54, 1.807) is 12.4 Å². The van der Waals surface area contributed by atoms with Crippen molar-refractivity contribution < 1.29 is 0 Å². The molecule has 0 amide bonds. The van der Waals surface area contributed by atoms with Gasteiger partial charge in [-0.3, -0.25) is 4.98 Å². The summed E-state index contributed by atoms with van der Waals surface area (Å²) in [6, 6.07) is 1.95. The molecule has 0 unspecified atom stereocenters. The van der Waals surface area contributed by atoms with E-state index in [0.717, 1.165) is 16.8 Å². The zero-order valence-electron chi connectivity index (χ0n) is 6.89. The van der Waals surface area contributed by atoms with Crippen LogP contribution < -0.4 is 5.32 Å². The van der Waals surface area contributed by atoms with Crippen molar-refractivity contribution >= 4 is 11.3 Å². The molecule has 2 heteroatoms. The van der Waals surface area contributed by atoms with E-state index in [4.69, 9.17) is 0 Å². The van der Waals surface area contributed by atoms with Crippen molar-refractivity contribution in [3.05, 3.63) is 30.6 Å². The Morgan fingerprint density at radius 1 is 1.64 bits per heavy atom. The molecule has 1 rings (SSSR count). The van der Waals surface area contributed by atoms with Gasteiger partial charge >= 0.3 is 0 Å². The summed E-state index contributed by atoms with van der Waals surface area (Å²) in [6.45, 7) is 5.85. The van der Waals surface area contributed by atoms with Gasteiger partial charge in [-0.25, -0.2) is 0 Å². The Labute approximate surface area is 67.0 Å². The molecule has 1 aromatic heterocycles. The summed E-state index contributed by atoms with van der Waals surface area (Å²) in [4.78, 5) is 3.99. The fourth-order valence-corrected chi connectivity index (χ4v) is 0.966. The minimum absolute atomic E-state index is 1.03. The minimum Gasteiger partial charge on any atom is -0.386 e. The molecule has 11 heavy (non-hydrogen) atoms. The van der Waals surface area contributed by atoms with Gasteiger partial charge in [-0.15, -0.1) is 0 Å². The van der Waals surface area contributed by atoms with Gasteiger partial charge in [-0.1, -0.05) is 6.58 Å². The molecular formula is C9H12N2. The van der Waals surface area contributed by atoms with Crippen molar-refractivity contribution in [3.63, 3.8) is 0 Å². The second-order valence-corrected chi connectivity index (χ2v) is 2.45. The average molecular weight is 148 g/mol. The molecule has 1 N–H and O–H groups in total. The molecule has 0 radical (unpaired) electrons. The Balaban J connectivity index is 3.12. The van der Waals surface area contributed by atoms with E-state index in [1.165, 1.54) is 0 Å². The van der Waals surface area contributed by atoms with Crippen LogP contribution in [-0.2, 0) is 0 Å². The van der Waals surface area contributed by atoms with Crippen LogP contribution in [0.25, 0.3) is 5.57 Å². The van der Waals surface area contributed by atoms with Crippen LogP contribution in [0.4, 0.5) is 5.69 Å². The minimum atomic E-state index is 1.03. The highest BCUT2D eigenvalue weighted by Crippen LogP contribution is 2.19. The van der Waals surface area contributed by atoms with E-state index in [9.17, 15) is 0 Å². The van der Waals surface area contributed by atoms with E-state index in [1.807, 2.05) is 20.0 Å². The normalized spacial score (nSPS) is 9.27. The fourth-order valence-electron chi connectivity index (χ4n) is 0.966. The summed E-state index contributed by atoms with van der Waals surface area (Å²) in [7, 11) is 1.88. The number of nitrogens with one attached hydrogen (secondary N) is 1. The molecular weight excluding hydrogens is 136 g/mol. The predicted octanol–water partition coefficient (Wildman–Crippen LogP) is 2.16. The molecule has 0 saturated heterocycles. The van der Waals surface area contributed by atoms with Crippen LogP contribution in [0.2, 0.25) is 0 Å². The lowest BCUT2D eigenvalue weighted by atomic mass is 10.1. The monoisotopic (exact) mass is 148 g/mol. The number of nitrogens with zero attached hydrogens (tertiary/aromatic N) is 1. The number of anilines is 1. The van der Waals surface area contributed by atoms with Crippen LogP contribution in [0.3, 0.4) is 0 Å². The maximum Gasteiger partial charge on any atom is 0.0600 e. The largest absolute Gasteiger partial charge is 0.386 e. The summed E-state index contributed by atoms with van der Waals surface area (Å²) in [6.07, 6.45) is 3.56. The Morgan fingerprint density at radius 3 is 2.82 bits per heavy atom. The predicted molar refractivity (Wildman–Crippen MR) is 48.5 cm³/mol.